The van der Waals surface area contributed by atoms with Crippen molar-refractivity contribution in [1.29, 1.82) is 0 Å². The van der Waals surface area contributed by atoms with E-state index in [2.05, 4.69) is 20.9 Å². The zero-order valence-electron chi connectivity index (χ0n) is 20.2. The first-order valence-electron chi connectivity index (χ1n) is 11.2. The van der Waals surface area contributed by atoms with Crippen LogP contribution in [0.5, 0.6) is 11.5 Å². The number of benzene rings is 2. The van der Waals surface area contributed by atoms with E-state index in [0.29, 0.717) is 36.6 Å². The number of methoxy groups -OCH3 is 1. The van der Waals surface area contributed by atoms with E-state index < -0.39 is 24.6 Å². The average Bonchev–Trinajstić information content (AvgIpc) is 3.16. The normalized spacial score (nSPS) is 15.1. The molecule has 11 heteroatoms. The summed E-state index contributed by atoms with van der Waals surface area (Å²) in [7, 11) is 1.56. The molecule has 1 N–H and O–H groups in total. The maximum absolute atomic E-state index is 13.7. The average molecular weight is 587 g/mol. The molecule has 37 heavy (non-hydrogen) atoms. The molecule has 3 aromatic rings. The van der Waals surface area contributed by atoms with Crippen LogP contribution >= 0.6 is 27.3 Å². The molecule has 0 saturated carbocycles. The van der Waals surface area contributed by atoms with Crippen molar-refractivity contribution < 1.29 is 28.9 Å². The molecule has 0 saturated heterocycles. The second-order valence-corrected chi connectivity index (χ2v) is 9.81. The minimum Gasteiger partial charge on any atom is -0.496 e. The molecule has 0 fully saturated rings. The maximum Gasteiger partial charge on any atom is 0.341 e. The molecule has 4 rings (SSSR count). The van der Waals surface area contributed by atoms with E-state index in [1.165, 1.54) is 15.9 Å². The van der Waals surface area contributed by atoms with Crippen molar-refractivity contribution in [3.63, 3.8) is 0 Å². The summed E-state index contributed by atoms with van der Waals surface area (Å²) in [6.45, 7) is 3.19. The van der Waals surface area contributed by atoms with Crippen molar-refractivity contribution >= 4 is 45.3 Å². The van der Waals surface area contributed by atoms with Gasteiger partial charge < -0.3 is 19.3 Å². The lowest BCUT2D eigenvalue weighted by atomic mass is 9.96. The van der Waals surface area contributed by atoms with E-state index in [1.54, 1.807) is 63.4 Å². The molecular weight excluding hydrogens is 564 g/mol. The first-order chi connectivity index (χ1) is 17.7. The van der Waals surface area contributed by atoms with Crippen molar-refractivity contribution in [3.05, 3.63) is 89.0 Å². The first-order valence-corrected chi connectivity index (χ1v) is 12.8. The van der Waals surface area contributed by atoms with Crippen LogP contribution in [-0.4, -0.2) is 41.9 Å². The van der Waals surface area contributed by atoms with Crippen LogP contribution in [0.4, 0.5) is 0 Å². The number of carbonyl (C=O) groups excluding carboxylic acids is 1. The van der Waals surface area contributed by atoms with Gasteiger partial charge in [0.1, 0.15) is 11.5 Å². The van der Waals surface area contributed by atoms with Crippen LogP contribution in [0.2, 0.25) is 0 Å². The lowest BCUT2D eigenvalue weighted by Gasteiger charge is -2.25. The molecule has 2 heterocycles. The molecule has 1 aliphatic rings. The van der Waals surface area contributed by atoms with Crippen LogP contribution in [0.1, 0.15) is 31.0 Å². The van der Waals surface area contributed by atoms with Crippen molar-refractivity contribution in [2.45, 2.75) is 19.9 Å². The number of hydrogen-bond donors (Lipinski definition) is 1. The molecule has 192 valence electrons. The molecule has 9 nitrogen and oxygen atoms in total. The molecule has 1 atom stereocenters. The van der Waals surface area contributed by atoms with E-state index in [4.69, 9.17) is 19.3 Å². The highest BCUT2D eigenvalue weighted by atomic mass is 79.9. The topological polar surface area (TPSA) is 116 Å². The van der Waals surface area contributed by atoms with Crippen molar-refractivity contribution in [2.75, 3.05) is 20.3 Å². The lowest BCUT2D eigenvalue weighted by molar-refractivity contribution is -0.140. The van der Waals surface area contributed by atoms with Gasteiger partial charge in [-0.15, -0.1) is 0 Å². The summed E-state index contributed by atoms with van der Waals surface area (Å²) in [4.78, 5) is 42.4. The summed E-state index contributed by atoms with van der Waals surface area (Å²) in [6.07, 6.45) is 1.72. The molecule has 1 aliphatic heterocycles. The molecular formula is C26H23BrN2O7S. The number of fused-ring (bicyclic) bond motifs is 1. The fourth-order valence-corrected chi connectivity index (χ4v) is 5.52. The Bertz CT molecular complexity index is 1570. The van der Waals surface area contributed by atoms with Crippen LogP contribution in [0.3, 0.4) is 0 Å². The van der Waals surface area contributed by atoms with E-state index in [9.17, 15) is 14.4 Å². The van der Waals surface area contributed by atoms with Crippen LogP contribution in [0.15, 0.2) is 68.0 Å². The molecule has 0 spiro atoms. The number of allylic oxidation sites excluding steroid dienone is 1. The first kappa shape index (κ1) is 26.4. The molecule has 0 unspecified atom stereocenters. The summed E-state index contributed by atoms with van der Waals surface area (Å²) in [5.74, 6) is -0.584. The summed E-state index contributed by atoms with van der Waals surface area (Å²) in [5.41, 5.74) is 1.87. The van der Waals surface area contributed by atoms with E-state index in [0.717, 1.165) is 5.56 Å². The third-order valence-corrected chi connectivity index (χ3v) is 7.15. The molecule has 0 amide bonds. The van der Waals surface area contributed by atoms with Gasteiger partial charge >= 0.3 is 11.9 Å². The Morgan fingerprint density at radius 1 is 1.22 bits per heavy atom. The van der Waals surface area contributed by atoms with Crippen molar-refractivity contribution in [2.24, 2.45) is 4.99 Å². The lowest BCUT2D eigenvalue weighted by Crippen LogP contribution is -2.39. The van der Waals surface area contributed by atoms with Gasteiger partial charge in [0.25, 0.3) is 5.56 Å². The highest BCUT2D eigenvalue weighted by Crippen LogP contribution is 2.35. The van der Waals surface area contributed by atoms with Crippen LogP contribution in [-0.2, 0) is 14.3 Å². The second-order valence-electron chi connectivity index (χ2n) is 7.95. The Balaban J connectivity index is 1.83. The van der Waals surface area contributed by atoms with Crippen LogP contribution in [0, 0.1) is 0 Å². The zero-order chi connectivity index (χ0) is 26.7. The fourth-order valence-electron chi connectivity index (χ4n) is 3.92. The number of aliphatic carboxylic acids is 1. The van der Waals surface area contributed by atoms with Gasteiger partial charge in [-0.3, -0.25) is 9.36 Å². The summed E-state index contributed by atoms with van der Waals surface area (Å²) < 4.78 is 18.4. The summed E-state index contributed by atoms with van der Waals surface area (Å²) >= 11 is 4.71. The number of ether oxygens (including phenoxy) is 3. The van der Waals surface area contributed by atoms with Gasteiger partial charge in [0.05, 0.1) is 40.0 Å². The van der Waals surface area contributed by atoms with Gasteiger partial charge in [-0.25, -0.2) is 14.6 Å². The van der Waals surface area contributed by atoms with Crippen LogP contribution < -0.4 is 24.4 Å². The number of carboxylic acids is 1. The standard InChI is InChI=1S/C26H23BrN2O7S/c1-4-35-25(33)22-14(2)28-26-29(23(22)16-7-10-19(34-3)18(27)12-16)24(32)20(37-26)11-15-5-8-17(9-6-15)36-13-21(30)31/h5-12,23H,4,13H2,1-3H3,(H,30,31)/b20-11+/t23-/m0/s1. The molecule has 0 bridgehead atoms. The summed E-state index contributed by atoms with van der Waals surface area (Å²) in [5, 5.41) is 8.76. The fraction of sp³-hybridized carbons (Fsp3) is 0.231. The highest BCUT2D eigenvalue weighted by Gasteiger charge is 2.33. The van der Waals surface area contributed by atoms with Gasteiger partial charge in [0.15, 0.2) is 11.4 Å². The van der Waals surface area contributed by atoms with Crippen molar-refractivity contribution in [1.82, 2.24) is 4.57 Å². The number of rotatable bonds is 8. The van der Waals surface area contributed by atoms with E-state index in [-0.39, 0.29) is 17.7 Å². The zero-order valence-corrected chi connectivity index (χ0v) is 22.6. The van der Waals surface area contributed by atoms with Crippen molar-refractivity contribution in [3.8, 4) is 11.5 Å². The van der Waals surface area contributed by atoms with E-state index >= 15 is 0 Å². The van der Waals surface area contributed by atoms with Gasteiger partial charge in [-0.2, -0.15) is 0 Å². The number of aromatic nitrogens is 1. The van der Waals surface area contributed by atoms with Gasteiger partial charge in [0, 0.05) is 0 Å². The number of nitrogens with zero attached hydrogens (tertiary/aromatic N) is 2. The monoisotopic (exact) mass is 586 g/mol. The number of hydrogen-bond acceptors (Lipinski definition) is 8. The van der Waals surface area contributed by atoms with Gasteiger partial charge in [-0.05, 0) is 71.2 Å². The number of esters is 1. The highest BCUT2D eigenvalue weighted by molar-refractivity contribution is 9.10. The quantitative estimate of drug-likeness (QED) is 0.403. The predicted octanol–water partition coefficient (Wildman–Crippen LogP) is 3.03. The molecule has 2 aromatic carbocycles. The van der Waals surface area contributed by atoms with Crippen LogP contribution in [0.25, 0.3) is 6.08 Å². The Morgan fingerprint density at radius 2 is 1.95 bits per heavy atom. The summed E-state index contributed by atoms with van der Waals surface area (Å²) in [6, 6.07) is 11.4. The predicted molar refractivity (Wildman–Crippen MR) is 141 cm³/mol. The maximum atomic E-state index is 13.7. The minimum atomic E-state index is -1.07. The number of carboxylic acid groups (broad SMARTS) is 1. The van der Waals surface area contributed by atoms with E-state index in [1.807, 2.05) is 6.07 Å². The molecule has 0 radical (unpaired) electrons. The smallest absolute Gasteiger partial charge is 0.341 e. The Hall–Kier alpha value is -3.70. The SMILES string of the molecule is CCOC(=O)C1=C(C)N=c2s/c(=C/c3ccc(OCC(=O)O)cc3)c(=O)n2[C@H]1c1ccc(OC)c(Br)c1. The third-order valence-electron chi connectivity index (χ3n) is 5.55. The Morgan fingerprint density at radius 3 is 2.57 bits per heavy atom. The minimum absolute atomic E-state index is 0.186. The number of halogens is 1. The van der Waals surface area contributed by atoms with Gasteiger partial charge in [0.2, 0.25) is 0 Å². The number of thiazole rings is 1. The van der Waals surface area contributed by atoms with Gasteiger partial charge in [-0.1, -0.05) is 29.5 Å². The molecule has 0 aliphatic carbocycles. The Labute approximate surface area is 224 Å². The number of carbonyl (C=O) groups is 2. The Kier molecular flexibility index (Phi) is 7.94. The second kappa shape index (κ2) is 11.1. The largest absolute Gasteiger partial charge is 0.496 e. The third kappa shape index (κ3) is 5.52. The molecule has 1 aromatic heterocycles.